The summed E-state index contributed by atoms with van der Waals surface area (Å²) in [6.45, 7) is 3.36. The molecule has 2 aliphatic rings. The highest BCUT2D eigenvalue weighted by Crippen LogP contribution is 2.33. The van der Waals surface area contributed by atoms with Crippen molar-refractivity contribution in [3.05, 3.63) is 11.6 Å². The number of nitrogens with one attached hydrogen (secondary N) is 1. The van der Waals surface area contributed by atoms with Crippen LogP contribution in [0.1, 0.15) is 71.1 Å². The second-order valence-corrected chi connectivity index (χ2v) is 6.56. The molecule has 20 heavy (non-hydrogen) atoms. The fourth-order valence-corrected chi connectivity index (χ4v) is 3.97. The van der Waals surface area contributed by atoms with E-state index in [2.05, 4.69) is 18.3 Å². The molecule has 0 aromatic heterocycles. The van der Waals surface area contributed by atoms with Gasteiger partial charge in [-0.25, -0.2) is 0 Å². The van der Waals surface area contributed by atoms with Crippen LogP contribution in [0.5, 0.6) is 0 Å². The summed E-state index contributed by atoms with van der Waals surface area (Å²) in [5.41, 5.74) is 1.63. The number of methoxy groups -OCH3 is 1. The molecule has 1 N–H and O–H groups in total. The van der Waals surface area contributed by atoms with E-state index in [-0.39, 0.29) is 0 Å². The lowest BCUT2D eigenvalue weighted by atomic mass is 9.79. The lowest BCUT2D eigenvalue weighted by Gasteiger charge is -2.37. The Bertz CT molecular complexity index is 294. The SMILES string of the molecule is CCCNC(C1=CCCCC1)C(OC)C1CCCCC1. The van der Waals surface area contributed by atoms with Crippen LogP contribution in [0.15, 0.2) is 11.6 Å². The topological polar surface area (TPSA) is 21.3 Å². The summed E-state index contributed by atoms with van der Waals surface area (Å²) in [5.74, 6) is 0.755. The van der Waals surface area contributed by atoms with Crippen LogP contribution in [0.4, 0.5) is 0 Å². The van der Waals surface area contributed by atoms with Crippen LogP contribution in [0.25, 0.3) is 0 Å². The van der Waals surface area contributed by atoms with Gasteiger partial charge in [0.2, 0.25) is 0 Å². The lowest BCUT2D eigenvalue weighted by Crippen LogP contribution is -2.47. The summed E-state index contributed by atoms with van der Waals surface area (Å²) in [5, 5.41) is 3.79. The Hall–Kier alpha value is -0.340. The Morgan fingerprint density at radius 1 is 1.20 bits per heavy atom. The van der Waals surface area contributed by atoms with E-state index >= 15 is 0 Å². The molecule has 2 heteroatoms. The predicted molar refractivity (Wildman–Crippen MR) is 86.0 cm³/mol. The van der Waals surface area contributed by atoms with Gasteiger partial charge in [-0.15, -0.1) is 0 Å². The van der Waals surface area contributed by atoms with Gasteiger partial charge in [0.1, 0.15) is 0 Å². The molecule has 2 rings (SSSR count). The molecular weight excluding hydrogens is 246 g/mol. The quantitative estimate of drug-likeness (QED) is 0.695. The van der Waals surface area contributed by atoms with E-state index in [9.17, 15) is 0 Å². The second-order valence-electron chi connectivity index (χ2n) is 6.56. The number of hydrogen-bond donors (Lipinski definition) is 1. The molecule has 1 saturated carbocycles. The fraction of sp³-hybridized carbons (Fsp3) is 0.889. The fourth-order valence-electron chi connectivity index (χ4n) is 3.97. The van der Waals surface area contributed by atoms with Gasteiger partial charge < -0.3 is 10.1 Å². The van der Waals surface area contributed by atoms with Crippen molar-refractivity contribution in [3.63, 3.8) is 0 Å². The number of allylic oxidation sites excluding steroid dienone is 1. The number of ether oxygens (including phenoxy) is 1. The van der Waals surface area contributed by atoms with Crippen LogP contribution in [-0.4, -0.2) is 25.8 Å². The standard InChI is InChI=1S/C18H33NO/c1-3-14-19-17(15-10-6-4-7-11-15)18(20-2)16-12-8-5-9-13-16/h10,16-19H,3-9,11-14H2,1-2H3. The maximum absolute atomic E-state index is 6.00. The minimum Gasteiger partial charge on any atom is -0.379 e. The first kappa shape index (κ1) is 16.0. The molecule has 0 bridgehead atoms. The zero-order chi connectivity index (χ0) is 14.2. The Morgan fingerprint density at radius 3 is 2.60 bits per heavy atom. The summed E-state index contributed by atoms with van der Waals surface area (Å²) in [6, 6.07) is 0.461. The zero-order valence-electron chi connectivity index (χ0n) is 13.5. The summed E-state index contributed by atoms with van der Waals surface area (Å²) in [6.07, 6.45) is 16.3. The van der Waals surface area contributed by atoms with Gasteiger partial charge in [0.15, 0.2) is 0 Å². The third-order valence-corrected chi connectivity index (χ3v) is 5.05. The Balaban J connectivity index is 2.06. The third kappa shape index (κ3) is 4.33. The second kappa shape index (κ2) is 8.84. The van der Waals surface area contributed by atoms with Crippen molar-refractivity contribution in [2.45, 2.75) is 83.3 Å². The Morgan fingerprint density at radius 2 is 2.00 bits per heavy atom. The van der Waals surface area contributed by atoms with Crippen LogP contribution >= 0.6 is 0 Å². The van der Waals surface area contributed by atoms with E-state index in [0.29, 0.717) is 12.1 Å². The average molecular weight is 279 g/mol. The molecule has 116 valence electrons. The molecule has 0 aliphatic heterocycles. The van der Waals surface area contributed by atoms with Gasteiger partial charge in [-0.3, -0.25) is 0 Å². The monoisotopic (exact) mass is 279 g/mol. The van der Waals surface area contributed by atoms with E-state index in [0.717, 1.165) is 12.5 Å². The molecule has 0 radical (unpaired) electrons. The van der Waals surface area contributed by atoms with E-state index < -0.39 is 0 Å². The van der Waals surface area contributed by atoms with Gasteiger partial charge in [0.25, 0.3) is 0 Å². The van der Waals surface area contributed by atoms with Crippen molar-refractivity contribution in [1.29, 1.82) is 0 Å². The van der Waals surface area contributed by atoms with Gasteiger partial charge in [-0.05, 0) is 57.4 Å². The molecule has 0 aromatic rings. The molecule has 0 aromatic carbocycles. The van der Waals surface area contributed by atoms with Crippen molar-refractivity contribution < 1.29 is 4.74 Å². The van der Waals surface area contributed by atoms with E-state index in [1.807, 2.05) is 7.11 Å². The molecule has 0 heterocycles. The first-order chi connectivity index (χ1) is 9.86. The zero-order valence-corrected chi connectivity index (χ0v) is 13.5. The molecule has 0 amide bonds. The largest absolute Gasteiger partial charge is 0.379 e. The highest BCUT2D eigenvalue weighted by Gasteiger charge is 2.32. The van der Waals surface area contributed by atoms with Crippen molar-refractivity contribution in [3.8, 4) is 0 Å². The van der Waals surface area contributed by atoms with Crippen LogP contribution in [-0.2, 0) is 4.74 Å². The maximum Gasteiger partial charge on any atom is 0.0790 e. The van der Waals surface area contributed by atoms with Gasteiger partial charge >= 0.3 is 0 Å². The van der Waals surface area contributed by atoms with Crippen LogP contribution < -0.4 is 5.32 Å². The molecule has 2 unspecified atom stereocenters. The molecule has 2 aliphatic carbocycles. The van der Waals surface area contributed by atoms with Crippen LogP contribution in [0.2, 0.25) is 0 Å². The molecular formula is C18H33NO. The predicted octanol–water partition coefficient (Wildman–Crippen LogP) is 4.45. The lowest BCUT2D eigenvalue weighted by molar-refractivity contribution is 0.0160. The Kier molecular flexibility index (Phi) is 7.09. The maximum atomic E-state index is 6.00. The van der Waals surface area contributed by atoms with Crippen LogP contribution in [0, 0.1) is 5.92 Å². The minimum absolute atomic E-state index is 0.381. The van der Waals surface area contributed by atoms with Crippen molar-refractivity contribution in [2.75, 3.05) is 13.7 Å². The number of hydrogen-bond acceptors (Lipinski definition) is 2. The molecule has 0 spiro atoms. The summed E-state index contributed by atoms with van der Waals surface area (Å²) in [7, 11) is 1.92. The van der Waals surface area contributed by atoms with Gasteiger partial charge in [0.05, 0.1) is 12.1 Å². The third-order valence-electron chi connectivity index (χ3n) is 5.05. The molecule has 0 saturated heterocycles. The average Bonchev–Trinajstić information content (AvgIpc) is 2.53. The first-order valence-electron chi connectivity index (χ1n) is 8.82. The van der Waals surface area contributed by atoms with Gasteiger partial charge in [-0.2, -0.15) is 0 Å². The molecule has 2 nitrogen and oxygen atoms in total. The van der Waals surface area contributed by atoms with Crippen LogP contribution in [0.3, 0.4) is 0 Å². The van der Waals surface area contributed by atoms with E-state index in [1.54, 1.807) is 5.57 Å². The summed E-state index contributed by atoms with van der Waals surface area (Å²) < 4.78 is 6.00. The first-order valence-corrected chi connectivity index (χ1v) is 8.82. The molecule has 1 fully saturated rings. The van der Waals surface area contributed by atoms with Gasteiger partial charge in [-0.1, -0.05) is 37.8 Å². The van der Waals surface area contributed by atoms with Crippen molar-refractivity contribution >= 4 is 0 Å². The van der Waals surface area contributed by atoms with Gasteiger partial charge in [0, 0.05) is 7.11 Å². The van der Waals surface area contributed by atoms with E-state index in [4.69, 9.17) is 4.74 Å². The van der Waals surface area contributed by atoms with E-state index in [1.165, 1.54) is 64.2 Å². The molecule has 2 atom stereocenters. The highest BCUT2D eigenvalue weighted by molar-refractivity contribution is 5.16. The normalized spacial score (nSPS) is 24.2. The minimum atomic E-state index is 0.381. The Labute approximate surface area is 125 Å². The summed E-state index contributed by atoms with van der Waals surface area (Å²) in [4.78, 5) is 0. The van der Waals surface area contributed by atoms with Crippen molar-refractivity contribution in [1.82, 2.24) is 5.32 Å². The van der Waals surface area contributed by atoms with Crippen molar-refractivity contribution in [2.24, 2.45) is 5.92 Å². The highest BCUT2D eigenvalue weighted by atomic mass is 16.5. The summed E-state index contributed by atoms with van der Waals surface area (Å²) >= 11 is 0. The number of rotatable bonds is 7. The smallest absolute Gasteiger partial charge is 0.0790 e.